The van der Waals surface area contributed by atoms with Crippen LogP contribution in [0.15, 0.2) is 29.2 Å². The Morgan fingerprint density at radius 2 is 2.33 bits per heavy atom. The van der Waals surface area contributed by atoms with Crippen molar-refractivity contribution in [2.45, 2.75) is 41.9 Å². The van der Waals surface area contributed by atoms with Crippen LogP contribution in [0.3, 0.4) is 0 Å². The molecule has 1 saturated heterocycles. The summed E-state index contributed by atoms with van der Waals surface area (Å²) in [7, 11) is 0. The van der Waals surface area contributed by atoms with Gasteiger partial charge in [0, 0.05) is 29.8 Å². The molecular formula is C15H21NOS. The third kappa shape index (κ3) is 2.73. The van der Waals surface area contributed by atoms with Gasteiger partial charge in [-0.3, -0.25) is 0 Å². The molecule has 1 fully saturated rings. The number of fused-ring (bicyclic) bond motifs is 1. The summed E-state index contributed by atoms with van der Waals surface area (Å²) in [5, 5.41) is 4.29. The largest absolute Gasteiger partial charge is 0.374 e. The van der Waals surface area contributed by atoms with Crippen LogP contribution >= 0.6 is 11.8 Å². The molecule has 2 aliphatic rings. The zero-order valence-corrected chi connectivity index (χ0v) is 11.8. The summed E-state index contributed by atoms with van der Waals surface area (Å²) in [4.78, 5) is 1.47. The Labute approximate surface area is 113 Å². The highest BCUT2D eigenvalue weighted by Crippen LogP contribution is 2.36. The fraction of sp³-hybridized carbons (Fsp3) is 0.600. The molecule has 3 heteroatoms. The lowest BCUT2D eigenvalue weighted by atomic mass is 10.0. The fourth-order valence-corrected chi connectivity index (χ4v) is 4.12. The zero-order chi connectivity index (χ0) is 12.4. The minimum Gasteiger partial charge on any atom is -0.374 e. The van der Waals surface area contributed by atoms with Crippen molar-refractivity contribution in [1.29, 1.82) is 0 Å². The average molecular weight is 263 g/mol. The first-order chi connectivity index (χ1) is 8.75. The molecule has 2 atom stereocenters. The van der Waals surface area contributed by atoms with Crippen molar-refractivity contribution >= 4 is 11.8 Å². The van der Waals surface area contributed by atoms with Crippen molar-refractivity contribution in [3.05, 3.63) is 29.8 Å². The highest BCUT2D eigenvalue weighted by atomic mass is 32.2. The number of nitrogens with one attached hydrogen (secondary N) is 1. The van der Waals surface area contributed by atoms with E-state index in [1.54, 1.807) is 0 Å². The van der Waals surface area contributed by atoms with E-state index < -0.39 is 0 Å². The SMILES string of the molecule is CC1(CNCC2Cc3ccccc3S2)CCCO1. The molecule has 98 valence electrons. The van der Waals surface area contributed by atoms with Crippen LogP contribution in [0.5, 0.6) is 0 Å². The third-order valence-corrected chi connectivity index (χ3v) is 5.20. The molecule has 0 aromatic heterocycles. The predicted molar refractivity (Wildman–Crippen MR) is 76.3 cm³/mol. The minimum atomic E-state index is 0.0795. The molecule has 0 radical (unpaired) electrons. The van der Waals surface area contributed by atoms with E-state index in [1.807, 2.05) is 11.8 Å². The van der Waals surface area contributed by atoms with Gasteiger partial charge in [-0.2, -0.15) is 0 Å². The second-order valence-corrected chi connectivity index (χ2v) is 6.93. The van der Waals surface area contributed by atoms with E-state index in [2.05, 4.69) is 36.5 Å². The Bertz CT molecular complexity index is 390. The topological polar surface area (TPSA) is 21.3 Å². The fourth-order valence-electron chi connectivity index (χ4n) is 2.84. The normalized spacial score (nSPS) is 30.6. The number of hydrogen-bond acceptors (Lipinski definition) is 3. The molecular weight excluding hydrogens is 242 g/mol. The van der Waals surface area contributed by atoms with Crippen LogP contribution in [-0.4, -0.2) is 30.5 Å². The quantitative estimate of drug-likeness (QED) is 0.902. The standard InChI is InChI=1S/C15H21NOS/c1-15(7-4-8-17-15)11-16-10-13-9-12-5-2-3-6-14(12)18-13/h2-3,5-6,13,16H,4,7-11H2,1H3. The van der Waals surface area contributed by atoms with E-state index in [-0.39, 0.29) is 5.60 Å². The van der Waals surface area contributed by atoms with E-state index in [4.69, 9.17) is 4.74 Å². The molecule has 1 aromatic carbocycles. The van der Waals surface area contributed by atoms with Gasteiger partial charge in [-0.15, -0.1) is 11.8 Å². The Morgan fingerprint density at radius 1 is 1.44 bits per heavy atom. The number of benzene rings is 1. The summed E-state index contributed by atoms with van der Waals surface area (Å²) in [5.41, 5.74) is 1.59. The molecule has 1 N–H and O–H groups in total. The van der Waals surface area contributed by atoms with Gasteiger partial charge in [0.2, 0.25) is 0 Å². The third-order valence-electron chi connectivity index (χ3n) is 3.89. The van der Waals surface area contributed by atoms with E-state index in [9.17, 15) is 0 Å². The van der Waals surface area contributed by atoms with Crippen LogP contribution in [0.1, 0.15) is 25.3 Å². The van der Waals surface area contributed by atoms with Crippen molar-refractivity contribution in [1.82, 2.24) is 5.32 Å². The van der Waals surface area contributed by atoms with E-state index in [0.717, 1.165) is 19.7 Å². The number of hydrogen-bond donors (Lipinski definition) is 1. The first-order valence-electron chi connectivity index (χ1n) is 6.84. The Balaban J connectivity index is 1.46. The number of ether oxygens (including phenoxy) is 1. The van der Waals surface area contributed by atoms with Crippen LogP contribution in [-0.2, 0) is 11.2 Å². The highest BCUT2D eigenvalue weighted by Gasteiger charge is 2.30. The van der Waals surface area contributed by atoms with Crippen LogP contribution in [0.4, 0.5) is 0 Å². The lowest BCUT2D eigenvalue weighted by molar-refractivity contribution is 0.0211. The maximum absolute atomic E-state index is 5.80. The van der Waals surface area contributed by atoms with Gasteiger partial charge in [-0.25, -0.2) is 0 Å². The lowest BCUT2D eigenvalue weighted by Gasteiger charge is -2.24. The van der Waals surface area contributed by atoms with Crippen molar-refractivity contribution in [3.63, 3.8) is 0 Å². The highest BCUT2D eigenvalue weighted by molar-refractivity contribution is 8.00. The molecule has 0 saturated carbocycles. The second-order valence-electron chi connectivity index (χ2n) is 5.58. The van der Waals surface area contributed by atoms with Gasteiger partial charge in [-0.1, -0.05) is 18.2 Å². The molecule has 2 nitrogen and oxygen atoms in total. The predicted octanol–water partition coefficient (Wildman–Crippen LogP) is 2.86. The average Bonchev–Trinajstić information content (AvgIpc) is 2.95. The molecule has 2 unspecified atom stereocenters. The maximum atomic E-state index is 5.80. The summed E-state index contributed by atoms with van der Waals surface area (Å²) in [6.45, 7) is 5.23. The van der Waals surface area contributed by atoms with Gasteiger partial charge in [-0.05, 0) is 37.8 Å². The Kier molecular flexibility index (Phi) is 3.64. The molecule has 0 spiro atoms. The van der Waals surface area contributed by atoms with Gasteiger partial charge < -0.3 is 10.1 Å². The minimum absolute atomic E-state index is 0.0795. The Hall–Kier alpha value is -0.510. The smallest absolute Gasteiger partial charge is 0.0779 e. The number of thioether (sulfide) groups is 1. The van der Waals surface area contributed by atoms with Crippen LogP contribution in [0.2, 0.25) is 0 Å². The first-order valence-corrected chi connectivity index (χ1v) is 7.72. The lowest BCUT2D eigenvalue weighted by Crippen LogP contribution is -2.39. The summed E-state index contributed by atoms with van der Waals surface area (Å²) >= 11 is 2.01. The molecule has 0 bridgehead atoms. The zero-order valence-electron chi connectivity index (χ0n) is 10.9. The van der Waals surface area contributed by atoms with Gasteiger partial charge in [0.05, 0.1) is 5.60 Å². The molecule has 3 rings (SSSR count). The first kappa shape index (κ1) is 12.5. The van der Waals surface area contributed by atoms with E-state index in [0.29, 0.717) is 5.25 Å². The van der Waals surface area contributed by atoms with Crippen LogP contribution in [0, 0.1) is 0 Å². The van der Waals surface area contributed by atoms with Gasteiger partial charge in [0.15, 0.2) is 0 Å². The molecule has 18 heavy (non-hydrogen) atoms. The molecule has 2 heterocycles. The van der Waals surface area contributed by atoms with Crippen LogP contribution in [0.25, 0.3) is 0 Å². The van der Waals surface area contributed by atoms with Crippen molar-refractivity contribution in [2.24, 2.45) is 0 Å². The van der Waals surface area contributed by atoms with Crippen LogP contribution < -0.4 is 5.32 Å². The summed E-state index contributed by atoms with van der Waals surface area (Å²) in [6, 6.07) is 8.77. The van der Waals surface area contributed by atoms with Gasteiger partial charge >= 0.3 is 0 Å². The maximum Gasteiger partial charge on any atom is 0.0779 e. The van der Waals surface area contributed by atoms with E-state index in [1.165, 1.54) is 29.7 Å². The van der Waals surface area contributed by atoms with Gasteiger partial charge in [0.25, 0.3) is 0 Å². The summed E-state index contributed by atoms with van der Waals surface area (Å²) in [6.07, 6.45) is 3.60. The Morgan fingerprint density at radius 3 is 3.11 bits per heavy atom. The van der Waals surface area contributed by atoms with Crippen molar-refractivity contribution < 1.29 is 4.74 Å². The van der Waals surface area contributed by atoms with Gasteiger partial charge in [0.1, 0.15) is 0 Å². The number of rotatable bonds is 4. The molecule has 0 amide bonds. The van der Waals surface area contributed by atoms with Crippen molar-refractivity contribution in [2.75, 3.05) is 19.7 Å². The van der Waals surface area contributed by atoms with Crippen molar-refractivity contribution in [3.8, 4) is 0 Å². The monoisotopic (exact) mass is 263 g/mol. The molecule has 2 aliphatic heterocycles. The van der Waals surface area contributed by atoms with E-state index >= 15 is 0 Å². The summed E-state index contributed by atoms with van der Waals surface area (Å²) in [5.74, 6) is 0. The second kappa shape index (κ2) is 5.24. The molecule has 0 aliphatic carbocycles. The summed E-state index contributed by atoms with van der Waals surface area (Å²) < 4.78 is 5.80. The molecule has 1 aromatic rings.